The van der Waals surface area contributed by atoms with Crippen LogP contribution in [-0.4, -0.2) is 23.5 Å². The number of hydrogen-bond acceptors (Lipinski definition) is 1. The standard InChI is InChI=1S/C9H19NS/c1-4-9(5-2)7-10(6-3)8-11/h8-9H,4-7H2,1-3H3. The molecule has 0 aromatic rings. The Morgan fingerprint density at radius 3 is 2.09 bits per heavy atom. The zero-order chi connectivity index (χ0) is 8.69. The SMILES string of the molecule is CCC(CC)CN(C=S)CC. The number of thiocarbonyl (C=S) groups is 1. The molecular weight excluding hydrogens is 154 g/mol. The van der Waals surface area contributed by atoms with Crippen molar-refractivity contribution in [2.75, 3.05) is 13.1 Å². The van der Waals surface area contributed by atoms with Crippen LogP contribution < -0.4 is 0 Å². The van der Waals surface area contributed by atoms with Gasteiger partial charge in [0.15, 0.2) is 0 Å². The highest BCUT2D eigenvalue weighted by atomic mass is 32.1. The summed E-state index contributed by atoms with van der Waals surface area (Å²) in [7, 11) is 0. The number of nitrogens with zero attached hydrogens (tertiary/aromatic N) is 1. The monoisotopic (exact) mass is 173 g/mol. The molecule has 0 radical (unpaired) electrons. The maximum atomic E-state index is 4.89. The van der Waals surface area contributed by atoms with Crippen LogP contribution in [0, 0.1) is 5.92 Å². The molecule has 0 rings (SSSR count). The largest absolute Gasteiger partial charge is 0.369 e. The van der Waals surface area contributed by atoms with Crippen molar-refractivity contribution in [2.24, 2.45) is 5.92 Å². The maximum absolute atomic E-state index is 4.89. The molecule has 0 aromatic carbocycles. The van der Waals surface area contributed by atoms with Gasteiger partial charge in [-0.3, -0.25) is 0 Å². The van der Waals surface area contributed by atoms with Crippen molar-refractivity contribution >= 4 is 17.7 Å². The molecule has 0 bridgehead atoms. The van der Waals surface area contributed by atoms with Crippen LogP contribution in [0.4, 0.5) is 0 Å². The molecule has 0 saturated carbocycles. The first-order chi connectivity index (χ1) is 5.28. The summed E-state index contributed by atoms with van der Waals surface area (Å²) in [5.41, 5.74) is 1.78. The van der Waals surface area contributed by atoms with Crippen LogP contribution in [0.2, 0.25) is 0 Å². The van der Waals surface area contributed by atoms with E-state index >= 15 is 0 Å². The minimum Gasteiger partial charge on any atom is -0.369 e. The highest BCUT2D eigenvalue weighted by molar-refractivity contribution is 7.78. The molecule has 66 valence electrons. The van der Waals surface area contributed by atoms with Crippen molar-refractivity contribution in [3.8, 4) is 0 Å². The van der Waals surface area contributed by atoms with Gasteiger partial charge in [-0.05, 0) is 12.8 Å². The van der Waals surface area contributed by atoms with Gasteiger partial charge in [0.2, 0.25) is 0 Å². The summed E-state index contributed by atoms with van der Waals surface area (Å²) in [5.74, 6) is 0.814. The molecule has 0 amide bonds. The third-order valence-corrected chi connectivity index (χ3v) is 2.50. The van der Waals surface area contributed by atoms with E-state index in [-0.39, 0.29) is 0 Å². The summed E-state index contributed by atoms with van der Waals surface area (Å²) >= 11 is 4.89. The topological polar surface area (TPSA) is 3.24 Å². The third kappa shape index (κ3) is 4.35. The summed E-state index contributed by atoms with van der Waals surface area (Å²) in [6.45, 7) is 8.80. The molecule has 0 aliphatic heterocycles. The summed E-state index contributed by atoms with van der Waals surface area (Å²) in [6.07, 6.45) is 2.52. The van der Waals surface area contributed by atoms with Gasteiger partial charge in [0.25, 0.3) is 0 Å². The van der Waals surface area contributed by atoms with Gasteiger partial charge in [-0.15, -0.1) is 0 Å². The van der Waals surface area contributed by atoms with Crippen LogP contribution in [-0.2, 0) is 0 Å². The molecule has 0 N–H and O–H groups in total. The van der Waals surface area contributed by atoms with Gasteiger partial charge < -0.3 is 4.90 Å². The second kappa shape index (κ2) is 6.59. The fourth-order valence-electron chi connectivity index (χ4n) is 1.13. The van der Waals surface area contributed by atoms with E-state index in [1.807, 2.05) is 0 Å². The highest BCUT2D eigenvalue weighted by Gasteiger charge is 2.05. The Bertz CT molecular complexity index is 99.7. The minimum absolute atomic E-state index is 0.814. The van der Waals surface area contributed by atoms with Gasteiger partial charge in [-0.2, -0.15) is 0 Å². The average Bonchev–Trinajstić information content (AvgIpc) is 2.07. The normalized spacial score (nSPS) is 10.2. The van der Waals surface area contributed by atoms with Gasteiger partial charge in [0, 0.05) is 13.1 Å². The molecule has 0 unspecified atom stereocenters. The zero-order valence-electron chi connectivity index (χ0n) is 7.84. The van der Waals surface area contributed by atoms with Gasteiger partial charge in [-0.1, -0.05) is 38.9 Å². The molecule has 0 saturated heterocycles. The summed E-state index contributed by atoms with van der Waals surface area (Å²) < 4.78 is 0. The van der Waals surface area contributed by atoms with E-state index in [9.17, 15) is 0 Å². The molecule has 0 aliphatic rings. The van der Waals surface area contributed by atoms with Crippen LogP contribution in [0.15, 0.2) is 0 Å². The lowest BCUT2D eigenvalue weighted by atomic mass is 10.0. The van der Waals surface area contributed by atoms with Crippen LogP contribution in [0.25, 0.3) is 0 Å². The molecule has 0 fully saturated rings. The maximum Gasteiger partial charge on any atom is 0.0640 e. The molecule has 0 aliphatic carbocycles. The third-order valence-electron chi connectivity index (χ3n) is 2.20. The Labute approximate surface area is 75.8 Å². The molecule has 0 atom stereocenters. The summed E-state index contributed by atoms with van der Waals surface area (Å²) in [6, 6.07) is 0. The fourth-order valence-corrected chi connectivity index (χ4v) is 1.36. The average molecular weight is 173 g/mol. The van der Waals surface area contributed by atoms with E-state index in [1.54, 1.807) is 5.49 Å². The Balaban J connectivity index is 3.67. The number of hydrogen-bond donors (Lipinski definition) is 0. The molecule has 1 nitrogen and oxygen atoms in total. The van der Waals surface area contributed by atoms with Crippen molar-refractivity contribution in [3.63, 3.8) is 0 Å². The van der Waals surface area contributed by atoms with Crippen molar-refractivity contribution in [3.05, 3.63) is 0 Å². The lowest BCUT2D eigenvalue weighted by Crippen LogP contribution is -2.26. The first-order valence-electron chi connectivity index (χ1n) is 4.47. The lowest BCUT2D eigenvalue weighted by Gasteiger charge is -2.22. The van der Waals surface area contributed by atoms with E-state index in [4.69, 9.17) is 12.2 Å². The predicted molar refractivity (Wildman–Crippen MR) is 55.0 cm³/mol. The smallest absolute Gasteiger partial charge is 0.0640 e. The van der Waals surface area contributed by atoms with E-state index in [0.717, 1.165) is 19.0 Å². The minimum atomic E-state index is 0.814. The fraction of sp³-hybridized carbons (Fsp3) is 0.889. The second-order valence-electron chi connectivity index (χ2n) is 2.88. The quantitative estimate of drug-likeness (QED) is 0.568. The van der Waals surface area contributed by atoms with Crippen LogP contribution in [0.3, 0.4) is 0 Å². The van der Waals surface area contributed by atoms with Crippen LogP contribution >= 0.6 is 12.2 Å². The molecule has 0 aromatic heterocycles. The van der Waals surface area contributed by atoms with Gasteiger partial charge in [0.05, 0.1) is 5.49 Å². The van der Waals surface area contributed by atoms with Crippen LogP contribution in [0.5, 0.6) is 0 Å². The summed E-state index contributed by atoms with van der Waals surface area (Å²) in [4.78, 5) is 2.20. The van der Waals surface area contributed by atoms with Gasteiger partial charge in [-0.25, -0.2) is 0 Å². The van der Waals surface area contributed by atoms with Crippen molar-refractivity contribution in [2.45, 2.75) is 33.6 Å². The predicted octanol–water partition coefficient (Wildman–Crippen LogP) is 2.70. The van der Waals surface area contributed by atoms with Crippen molar-refractivity contribution in [1.82, 2.24) is 4.90 Å². The molecule has 0 heterocycles. The Morgan fingerprint density at radius 1 is 1.27 bits per heavy atom. The Morgan fingerprint density at radius 2 is 1.82 bits per heavy atom. The van der Waals surface area contributed by atoms with Crippen LogP contribution in [0.1, 0.15) is 33.6 Å². The molecule has 0 spiro atoms. The van der Waals surface area contributed by atoms with E-state index in [1.165, 1.54) is 12.8 Å². The molecule has 11 heavy (non-hydrogen) atoms. The highest BCUT2D eigenvalue weighted by Crippen LogP contribution is 2.08. The second-order valence-corrected chi connectivity index (χ2v) is 3.09. The van der Waals surface area contributed by atoms with Gasteiger partial charge >= 0.3 is 0 Å². The first kappa shape index (κ1) is 10.9. The first-order valence-corrected chi connectivity index (χ1v) is 4.94. The van der Waals surface area contributed by atoms with E-state index in [0.29, 0.717) is 0 Å². The zero-order valence-corrected chi connectivity index (χ0v) is 8.66. The molecular formula is C9H19NS. The lowest BCUT2D eigenvalue weighted by molar-refractivity contribution is 0.345. The van der Waals surface area contributed by atoms with E-state index < -0.39 is 0 Å². The van der Waals surface area contributed by atoms with Crippen molar-refractivity contribution in [1.29, 1.82) is 0 Å². The van der Waals surface area contributed by atoms with Crippen molar-refractivity contribution < 1.29 is 0 Å². The number of rotatable bonds is 6. The Kier molecular flexibility index (Phi) is 6.52. The molecule has 2 heteroatoms. The summed E-state index contributed by atoms with van der Waals surface area (Å²) in [5, 5.41) is 0. The Hall–Kier alpha value is -0.110. The van der Waals surface area contributed by atoms with Gasteiger partial charge in [0.1, 0.15) is 0 Å². The van der Waals surface area contributed by atoms with E-state index in [2.05, 4.69) is 25.7 Å².